The van der Waals surface area contributed by atoms with Gasteiger partial charge in [0.2, 0.25) is 0 Å². The summed E-state index contributed by atoms with van der Waals surface area (Å²) in [4.78, 5) is 0. The molecule has 0 aliphatic heterocycles. The second kappa shape index (κ2) is 6.84. The summed E-state index contributed by atoms with van der Waals surface area (Å²) >= 11 is 6.16. The fraction of sp³-hybridized carbons (Fsp3) is 0.250. The lowest BCUT2D eigenvalue weighted by Gasteiger charge is -2.18. The second-order valence-corrected chi connectivity index (χ2v) is 5.34. The van der Waals surface area contributed by atoms with E-state index in [2.05, 4.69) is 5.43 Å². The third-order valence-corrected chi connectivity index (χ3v) is 3.81. The molecule has 2 rings (SSSR count). The highest BCUT2D eigenvalue weighted by molar-refractivity contribution is 6.31. The SMILES string of the molecule is Cc1ccc(F)cc1CC(Cc1ccccc1Cl)NN. The highest BCUT2D eigenvalue weighted by atomic mass is 35.5. The van der Waals surface area contributed by atoms with Crippen LogP contribution in [-0.4, -0.2) is 6.04 Å². The summed E-state index contributed by atoms with van der Waals surface area (Å²) in [6.07, 6.45) is 1.36. The maximum Gasteiger partial charge on any atom is 0.123 e. The first-order valence-electron chi connectivity index (χ1n) is 6.54. The first-order valence-corrected chi connectivity index (χ1v) is 6.92. The summed E-state index contributed by atoms with van der Waals surface area (Å²) in [5, 5.41) is 0.726. The minimum Gasteiger partial charge on any atom is -0.271 e. The molecule has 0 bridgehead atoms. The van der Waals surface area contributed by atoms with Gasteiger partial charge >= 0.3 is 0 Å². The maximum absolute atomic E-state index is 13.3. The molecule has 106 valence electrons. The first kappa shape index (κ1) is 15.0. The van der Waals surface area contributed by atoms with Crippen molar-refractivity contribution in [1.29, 1.82) is 0 Å². The number of nitrogens with two attached hydrogens (primary N) is 1. The average Bonchev–Trinajstić information content (AvgIpc) is 2.44. The van der Waals surface area contributed by atoms with Gasteiger partial charge in [-0.15, -0.1) is 0 Å². The molecule has 0 aromatic heterocycles. The lowest BCUT2D eigenvalue weighted by molar-refractivity contribution is 0.519. The number of hydrazine groups is 1. The van der Waals surface area contributed by atoms with Gasteiger partial charge in [-0.1, -0.05) is 35.9 Å². The van der Waals surface area contributed by atoms with Crippen LogP contribution in [0, 0.1) is 12.7 Å². The maximum atomic E-state index is 13.3. The Labute approximate surface area is 123 Å². The van der Waals surface area contributed by atoms with E-state index in [0.29, 0.717) is 12.8 Å². The van der Waals surface area contributed by atoms with Gasteiger partial charge in [0.25, 0.3) is 0 Å². The van der Waals surface area contributed by atoms with Gasteiger partial charge in [0.05, 0.1) is 0 Å². The van der Waals surface area contributed by atoms with E-state index < -0.39 is 0 Å². The van der Waals surface area contributed by atoms with Gasteiger partial charge in [-0.3, -0.25) is 11.3 Å². The molecule has 0 amide bonds. The van der Waals surface area contributed by atoms with Gasteiger partial charge < -0.3 is 0 Å². The number of hydrogen-bond donors (Lipinski definition) is 2. The lowest BCUT2D eigenvalue weighted by atomic mass is 9.96. The molecule has 0 saturated carbocycles. The molecule has 3 N–H and O–H groups in total. The normalized spacial score (nSPS) is 12.4. The minimum absolute atomic E-state index is 0.00963. The van der Waals surface area contributed by atoms with E-state index >= 15 is 0 Å². The molecule has 2 aromatic rings. The molecule has 2 aromatic carbocycles. The number of rotatable bonds is 5. The van der Waals surface area contributed by atoms with Gasteiger partial charge in [-0.25, -0.2) is 4.39 Å². The van der Waals surface area contributed by atoms with Crippen LogP contribution < -0.4 is 11.3 Å². The molecule has 0 saturated heterocycles. The van der Waals surface area contributed by atoms with Crippen molar-refractivity contribution in [2.24, 2.45) is 5.84 Å². The van der Waals surface area contributed by atoms with Crippen molar-refractivity contribution in [3.63, 3.8) is 0 Å². The molecule has 1 unspecified atom stereocenters. The Balaban J connectivity index is 2.13. The summed E-state index contributed by atoms with van der Waals surface area (Å²) in [5.41, 5.74) is 5.84. The van der Waals surface area contributed by atoms with E-state index in [9.17, 15) is 4.39 Å². The van der Waals surface area contributed by atoms with Crippen molar-refractivity contribution in [3.05, 3.63) is 70.0 Å². The highest BCUT2D eigenvalue weighted by Gasteiger charge is 2.12. The molecule has 1 atom stereocenters. The summed E-state index contributed by atoms with van der Waals surface area (Å²) in [7, 11) is 0. The van der Waals surface area contributed by atoms with Crippen LogP contribution in [0.3, 0.4) is 0 Å². The molecule has 0 aliphatic rings. The Kier molecular flexibility index (Phi) is 5.12. The zero-order valence-electron chi connectivity index (χ0n) is 11.4. The van der Waals surface area contributed by atoms with Gasteiger partial charge in [0.1, 0.15) is 5.82 Å². The van der Waals surface area contributed by atoms with Crippen molar-refractivity contribution < 1.29 is 4.39 Å². The van der Waals surface area contributed by atoms with E-state index in [-0.39, 0.29) is 11.9 Å². The van der Waals surface area contributed by atoms with Crippen LogP contribution in [0.1, 0.15) is 16.7 Å². The van der Waals surface area contributed by atoms with Crippen molar-refractivity contribution in [2.75, 3.05) is 0 Å². The Morgan fingerprint density at radius 2 is 1.85 bits per heavy atom. The van der Waals surface area contributed by atoms with E-state index in [1.807, 2.05) is 31.2 Å². The number of aryl methyl sites for hydroxylation is 1. The quantitative estimate of drug-likeness (QED) is 0.655. The number of hydrogen-bond acceptors (Lipinski definition) is 2. The van der Waals surface area contributed by atoms with E-state index in [4.69, 9.17) is 17.4 Å². The highest BCUT2D eigenvalue weighted by Crippen LogP contribution is 2.19. The number of nitrogens with one attached hydrogen (secondary N) is 1. The van der Waals surface area contributed by atoms with Crippen molar-refractivity contribution in [3.8, 4) is 0 Å². The Bertz CT molecular complexity index is 586. The lowest BCUT2D eigenvalue weighted by Crippen LogP contribution is -2.38. The minimum atomic E-state index is -0.223. The predicted octanol–water partition coefficient (Wildman–Crippen LogP) is 3.40. The van der Waals surface area contributed by atoms with Gasteiger partial charge in [0.15, 0.2) is 0 Å². The van der Waals surface area contributed by atoms with Crippen LogP contribution in [0.25, 0.3) is 0 Å². The predicted molar refractivity (Wildman–Crippen MR) is 81.1 cm³/mol. The van der Waals surface area contributed by atoms with Crippen LogP contribution in [0.4, 0.5) is 4.39 Å². The molecule has 4 heteroatoms. The Morgan fingerprint density at radius 1 is 1.15 bits per heavy atom. The van der Waals surface area contributed by atoms with Crippen LogP contribution in [-0.2, 0) is 12.8 Å². The zero-order valence-corrected chi connectivity index (χ0v) is 12.1. The van der Waals surface area contributed by atoms with Crippen molar-refractivity contribution >= 4 is 11.6 Å². The molecule has 0 fully saturated rings. The van der Waals surface area contributed by atoms with E-state index in [1.54, 1.807) is 12.1 Å². The monoisotopic (exact) mass is 292 g/mol. The molecule has 0 aliphatic carbocycles. The fourth-order valence-corrected chi connectivity index (χ4v) is 2.46. The van der Waals surface area contributed by atoms with Crippen molar-refractivity contribution in [2.45, 2.75) is 25.8 Å². The summed E-state index contributed by atoms with van der Waals surface area (Å²) < 4.78 is 13.3. The largest absolute Gasteiger partial charge is 0.271 e. The second-order valence-electron chi connectivity index (χ2n) is 4.93. The summed E-state index contributed by atoms with van der Waals surface area (Å²) in [6, 6.07) is 12.5. The molecule has 0 spiro atoms. The molecule has 0 heterocycles. The first-order chi connectivity index (χ1) is 9.60. The van der Waals surface area contributed by atoms with Crippen molar-refractivity contribution in [1.82, 2.24) is 5.43 Å². The summed E-state index contributed by atoms with van der Waals surface area (Å²) in [5.74, 6) is 5.40. The topological polar surface area (TPSA) is 38.0 Å². The number of benzene rings is 2. The fourth-order valence-electron chi connectivity index (χ4n) is 2.24. The smallest absolute Gasteiger partial charge is 0.123 e. The Hall–Kier alpha value is -1.42. The van der Waals surface area contributed by atoms with Gasteiger partial charge in [0, 0.05) is 11.1 Å². The molecule has 2 nitrogen and oxygen atoms in total. The number of halogens is 2. The Morgan fingerprint density at radius 3 is 2.55 bits per heavy atom. The molecule has 20 heavy (non-hydrogen) atoms. The molecule has 0 radical (unpaired) electrons. The molecular weight excluding hydrogens is 275 g/mol. The van der Waals surface area contributed by atoms with Gasteiger partial charge in [-0.05, 0) is 54.7 Å². The molecular formula is C16H18ClFN2. The standard InChI is InChI=1S/C16H18ClFN2/c1-11-6-7-14(18)8-13(11)10-15(20-19)9-12-4-2-3-5-16(12)17/h2-8,15,20H,9-10,19H2,1H3. The third kappa shape index (κ3) is 3.79. The van der Waals surface area contributed by atoms with Crippen LogP contribution in [0.2, 0.25) is 5.02 Å². The van der Waals surface area contributed by atoms with Crippen LogP contribution >= 0.6 is 11.6 Å². The average molecular weight is 293 g/mol. The van der Waals surface area contributed by atoms with Crippen LogP contribution in [0.5, 0.6) is 0 Å². The van der Waals surface area contributed by atoms with E-state index in [0.717, 1.165) is 21.7 Å². The third-order valence-electron chi connectivity index (χ3n) is 3.44. The zero-order chi connectivity index (χ0) is 14.5. The van der Waals surface area contributed by atoms with Crippen LogP contribution in [0.15, 0.2) is 42.5 Å². The van der Waals surface area contributed by atoms with Gasteiger partial charge in [-0.2, -0.15) is 0 Å². The summed E-state index contributed by atoms with van der Waals surface area (Å²) in [6.45, 7) is 1.97. The van der Waals surface area contributed by atoms with E-state index in [1.165, 1.54) is 6.07 Å².